The van der Waals surface area contributed by atoms with E-state index in [9.17, 15) is 14.4 Å². The molecule has 7 nitrogen and oxygen atoms in total. The second kappa shape index (κ2) is 12.3. The Labute approximate surface area is 219 Å². The van der Waals surface area contributed by atoms with Gasteiger partial charge in [-0.05, 0) is 57.7 Å². The standard InChI is InChI=1S/C28H38ClN3O4/c1-9-18(3)23(31-27(35)36-28(5,6)7)26(34)32(8)24(20-14-10-12-17(2)16-20)25(33)30-22-19(4)13-11-15-21(22)29/h10-16,18,23-24H,9H2,1-8H3,(H,30,33)(H,31,35). The van der Waals surface area contributed by atoms with Crippen molar-refractivity contribution in [3.05, 3.63) is 64.2 Å². The van der Waals surface area contributed by atoms with Crippen molar-refractivity contribution in [2.75, 3.05) is 12.4 Å². The second-order valence-electron chi connectivity index (χ2n) is 10.2. The molecule has 2 rings (SSSR count). The van der Waals surface area contributed by atoms with E-state index in [0.29, 0.717) is 22.7 Å². The van der Waals surface area contributed by atoms with Crippen LogP contribution in [0.2, 0.25) is 5.02 Å². The third kappa shape index (κ3) is 7.72. The van der Waals surface area contributed by atoms with E-state index >= 15 is 0 Å². The summed E-state index contributed by atoms with van der Waals surface area (Å²) in [6.45, 7) is 12.9. The Morgan fingerprint density at radius 1 is 1.08 bits per heavy atom. The molecular formula is C28H38ClN3O4. The number of hydrogen-bond donors (Lipinski definition) is 2. The molecule has 2 N–H and O–H groups in total. The fourth-order valence-corrected chi connectivity index (χ4v) is 4.11. The maximum absolute atomic E-state index is 13.8. The van der Waals surface area contributed by atoms with Crippen LogP contribution < -0.4 is 10.6 Å². The van der Waals surface area contributed by atoms with Crippen molar-refractivity contribution in [3.63, 3.8) is 0 Å². The summed E-state index contributed by atoms with van der Waals surface area (Å²) in [5, 5.41) is 6.04. The van der Waals surface area contributed by atoms with Crippen LogP contribution >= 0.6 is 11.6 Å². The van der Waals surface area contributed by atoms with Gasteiger partial charge in [0.15, 0.2) is 0 Å². The lowest BCUT2D eigenvalue weighted by Crippen LogP contribution is -2.53. The molecule has 0 aromatic heterocycles. The summed E-state index contributed by atoms with van der Waals surface area (Å²) in [7, 11) is 1.57. The number of nitrogens with zero attached hydrogens (tertiary/aromatic N) is 1. The zero-order valence-corrected chi connectivity index (χ0v) is 23.2. The van der Waals surface area contributed by atoms with E-state index in [-0.39, 0.29) is 5.92 Å². The first kappa shape index (κ1) is 29.2. The molecule has 0 aliphatic heterocycles. The van der Waals surface area contributed by atoms with E-state index in [2.05, 4.69) is 10.6 Å². The summed E-state index contributed by atoms with van der Waals surface area (Å²) >= 11 is 6.36. The number of carbonyl (C=O) groups is 3. The van der Waals surface area contributed by atoms with E-state index in [0.717, 1.165) is 11.1 Å². The van der Waals surface area contributed by atoms with Gasteiger partial charge in [0.2, 0.25) is 5.91 Å². The summed E-state index contributed by atoms with van der Waals surface area (Å²) in [5.41, 5.74) is 2.18. The van der Waals surface area contributed by atoms with Crippen LogP contribution in [-0.2, 0) is 14.3 Å². The van der Waals surface area contributed by atoms with Crippen LogP contribution in [-0.4, -0.2) is 41.5 Å². The van der Waals surface area contributed by atoms with Crippen LogP contribution in [0.5, 0.6) is 0 Å². The minimum atomic E-state index is -0.958. The minimum Gasteiger partial charge on any atom is -0.444 e. The molecule has 3 atom stereocenters. The maximum Gasteiger partial charge on any atom is 0.408 e. The predicted molar refractivity (Wildman–Crippen MR) is 144 cm³/mol. The molecule has 36 heavy (non-hydrogen) atoms. The molecule has 3 amide bonds. The normalized spacial score (nSPS) is 13.8. The number of halogens is 1. The van der Waals surface area contributed by atoms with E-state index in [4.69, 9.17) is 16.3 Å². The number of benzene rings is 2. The average Bonchev–Trinajstić information content (AvgIpc) is 2.78. The van der Waals surface area contributed by atoms with Crippen LogP contribution in [0.4, 0.5) is 10.5 Å². The van der Waals surface area contributed by atoms with Gasteiger partial charge < -0.3 is 20.3 Å². The smallest absolute Gasteiger partial charge is 0.408 e. The lowest BCUT2D eigenvalue weighted by Gasteiger charge is -2.33. The molecule has 0 saturated carbocycles. The van der Waals surface area contributed by atoms with E-state index < -0.39 is 35.6 Å². The van der Waals surface area contributed by atoms with Crippen LogP contribution in [0.25, 0.3) is 0 Å². The number of amides is 3. The number of anilines is 1. The number of nitrogens with one attached hydrogen (secondary N) is 2. The summed E-state index contributed by atoms with van der Waals surface area (Å²) in [5.74, 6) is -1.000. The molecule has 0 radical (unpaired) electrons. The lowest BCUT2D eigenvalue weighted by molar-refractivity contribution is -0.140. The highest BCUT2D eigenvalue weighted by Gasteiger charge is 2.36. The molecule has 2 aromatic carbocycles. The molecule has 0 aliphatic rings. The number of likely N-dealkylation sites (N-methyl/N-ethyl adjacent to an activating group) is 1. The Morgan fingerprint density at radius 2 is 1.72 bits per heavy atom. The molecule has 8 heteroatoms. The van der Waals surface area contributed by atoms with E-state index in [1.165, 1.54) is 4.90 Å². The van der Waals surface area contributed by atoms with Crippen molar-refractivity contribution < 1.29 is 19.1 Å². The van der Waals surface area contributed by atoms with Gasteiger partial charge in [0.05, 0.1) is 10.7 Å². The fraction of sp³-hybridized carbons (Fsp3) is 0.464. The van der Waals surface area contributed by atoms with Gasteiger partial charge in [-0.2, -0.15) is 0 Å². The summed E-state index contributed by atoms with van der Waals surface area (Å²) in [4.78, 5) is 41.4. The van der Waals surface area contributed by atoms with Gasteiger partial charge in [0.25, 0.3) is 5.91 Å². The highest BCUT2D eigenvalue weighted by Crippen LogP contribution is 2.29. The number of ether oxygens (including phenoxy) is 1. The molecular weight excluding hydrogens is 478 g/mol. The monoisotopic (exact) mass is 515 g/mol. The van der Waals surface area contributed by atoms with Crippen molar-refractivity contribution >= 4 is 35.2 Å². The number of hydrogen-bond acceptors (Lipinski definition) is 4. The molecule has 196 valence electrons. The molecule has 0 bridgehead atoms. The summed E-state index contributed by atoms with van der Waals surface area (Å²) < 4.78 is 5.39. The number of aryl methyl sites for hydroxylation is 2. The van der Waals surface area contributed by atoms with Crippen molar-refractivity contribution in [2.24, 2.45) is 5.92 Å². The lowest BCUT2D eigenvalue weighted by atomic mass is 9.96. The zero-order chi connectivity index (χ0) is 27.2. The molecule has 3 unspecified atom stereocenters. The Morgan fingerprint density at radius 3 is 2.28 bits per heavy atom. The molecule has 0 spiro atoms. The third-order valence-electron chi connectivity index (χ3n) is 5.96. The average molecular weight is 516 g/mol. The Hall–Kier alpha value is -3.06. The van der Waals surface area contributed by atoms with Crippen molar-refractivity contribution in [3.8, 4) is 0 Å². The fourth-order valence-electron chi connectivity index (χ4n) is 3.84. The van der Waals surface area contributed by atoms with Crippen molar-refractivity contribution in [2.45, 2.75) is 72.6 Å². The van der Waals surface area contributed by atoms with Crippen LogP contribution in [0.15, 0.2) is 42.5 Å². The first-order valence-electron chi connectivity index (χ1n) is 12.1. The Bertz CT molecular complexity index is 1080. The highest BCUT2D eigenvalue weighted by atomic mass is 35.5. The number of rotatable bonds is 8. The van der Waals surface area contributed by atoms with Crippen LogP contribution in [0.1, 0.15) is 63.8 Å². The molecule has 0 heterocycles. The first-order valence-corrected chi connectivity index (χ1v) is 12.5. The van der Waals surface area contributed by atoms with Gasteiger partial charge in [-0.15, -0.1) is 0 Å². The Balaban J connectivity index is 2.45. The number of para-hydroxylation sites is 1. The van der Waals surface area contributed by atoms with Gasteiger partial charge in [-0.25, -0.2) is 4.79 Å². The van der Waals surface area contributed by atoms with E-state index in [1.54, 1.807) is 46.0 Å². The van der Waals surface area contributed by atoms with Gasteiger partial charge in [0.1, 0.15) is 17.7 Å². The van der Waals surface area contributed by atoms with E-state index in [1.807, 2.05) is 52.0 Å². The summed E-state index contributed by atoms with van der Waals surface area (Å²) in [6.07, 6.45) is -0.0435. The highest BCUT2D eigenvalue weighted by molar-refractivity contribution is 6.34. The molecule has 0 saturated heterocycles. The number of carbonyl (C=O) groups excluding carboxylic acids is 3. The topological polar surface area (TPSA) is 87.7 Å². The van der Waals surface area contributed by atoms with Gasteiger partial charge in [-0.3, -0.25) is 9.59 Å². The SMILES string of the molecule is CCC(C)C(NC(=O)OC(C)(C)C)C(=O)N(C)C(C(=O)Nc1c(C)cccc1Cl)c1cccc(C)c1. The van der Waals surface area contributed by atoms with Crippen LogP contribution in [0, 0.1) is 19.8 Å². The number of alkyl carbamates (subject to hydrolysis) is 1. The summed E-state index contributed by atoms with van der Waals surface area (Å²) in [6, 6.07) is 11.0. The molecule has 0 fully saturated rings. The minimum absolute atomic E-state index is 0.195. The zero-order valence-electron chi connectivity index (χ0n) is 22.4. The molecule has 2 aromatic rings. The largest absolute Gasteiger partial charge is 0.444 e. The van der Waals surface area contributed by atoms with Gasteiger partial charge in [-0.1, -0.05) is 73.8 Å². The van der Waals surface area contributed by atoms with Crippen LogP contribution in [0.3, 0.4) is 0 Å². The Kier molecular flexibility index (Phi) is 9.93. The van der Waals surface area contributed by atoms with Gasteiger partial charge in [0, 0.05) is 7.05 Å². The maximum atomic E-state index is 13.8. The van der Waals surface area contributed by atoms with Gasteiger partial charge >= 0.3 is 6.09 Å². The molecule has 0 aliphatic carbocycles. The first-order chi connectivity index (χ1) is 16.7. The third-order valence-corrected chi connectivity index (χ3v) is 6.28. The second-order valence-corrected chi connectivity index (χ2v) is 10.6. The van der Waals surface area contributed by atoms with Crippen molar-refractivity contribution in [1.82, 2.24) is 10.2 Å². The quantitative estimate of drug-likeness (QED) is 0.449. The predicted octanol–water partition coefficient (Wildman–Crippen LogP) is 6.03. The van der Waals surface area contributed by atoms with Crippen molar-refractivity contribution in [1.29, 1.82) is 0 Å².